The van der Waals surface area contributed by atoms with Crippen LogP contribution in [0.1, 0.15) is 39.7 Å². The Bertz CT molecular complexity index is 1770. The third-order valence-electron chi connectivity index (χ3n) is 6.02. The van der Waals surface area contributed by atoms with E-state index in [-0.39, 0.29) is 62.0 Å². The normalized spacial score (nSPS) is 10.5. The fraction of sp³-hybridized carbons (Fsp3) is 0.143. The highest BCUT2D eigenvalue weighted by molar-refractivity contribution is 5.93. The van der Waals surface area contributed by atoms with Gasteiger partial charge in [-0.2, -0.15) is 0 Å². The second-order valence-electron chi connectivity index (χ2n) is 10.1. The van der Waals surface area contributed by atoms with Crippen molar-refractivity contribution in [3.05, 3.63) is 109 Å². The maximum absolute atomic E-state index is 14.5. The minimum atomic E-state index is -2.95. The molecule has 0 heterocycles. The van der Waals surface area contributed by atoms with Crippen LogP contribution in [-0.2, 0) is 19.2 Å². The van der Waals surface area contributed by atoms with E-state index < -0.39 is 30.3 Å². The molecule has 3 aromatic carbocycles. The van der Waals surface area contributed by atoms with Crippen molar-refractivity contribution in [3.63, 3.8) is 0 Å². The van der Waals surface area contributed by atoms with E-state index in [0.29, 0.717) is 11.1 Å². The molecule has 0 aliphatic carbocycles. The molecule has 0 amide bonds. The summed E-state index contributed by atoms with van der Waals surface area (Å²) in [6.07, 6.45) is -2.95. The summed E-state index contributed by atoms with van der Waals surface area (Å²) in [7, 11) is 0. The lowest BCUT2D eigenvalue weighted by molar-refractivity contribution is -0.132. The number of ether oxygens (including phenoxy) is 4. The lowest BCUT2D eigenvalue weighted by Crippen LogP contribution is -2.13. The molecule has 45 heavy (non-hydrogen) atoms. The summed E-state index contributed by atoms with van der Waals surface area (Å²) in [5.41, 5.74) is 0.963. The number of rotatable bonds is 11. The minimum Gasteiger partial charge on any atom is -0.419 e. The van der Waals surface area contributed by atoms with E-state index in [1.54, 1.807) is 6.07 Å². The number of hydrogen-bond donors (Lipinski definition) is 0. The molecule has 232 valence electrons. The first-order chi connectivity index (χ1) is 21.1. The summed E-state index contributed by atoms with van der Waals surface area (Å²) in [5.74, 6) is -3.68. The minimum absolute atomic E-state index is 0.0592. The van der Waals surface area contributed by atoms with Crippen LogP contribution in [0.5, 0.6) is 23.0 Å². The molecular weight excluding hydrogens is 586 g/mol. The van der Waals surface area contributed by atoms with Crippen LogP contribution in [0.4, 0.5) is 8.78 Å². The van der Waals surface area contributed by atoms with E-state index in [0.717, 1.165) is 0 Å². The van der Waals surface area contributed by atoms with Crippen LogP contribution in [0.25, 0.3) is 22.3 Å². The van der Waals surface area contributed by atoms with Gasteiger partial charge in [0.05, 0.1) is 0 Å². The molecule has 8 nitrogen and oxygen atoms in total. The first-order valence-corrected chi connectivity index (χ1v) is 13.3. The Labute approximate surface area is 258 Å². The maximum Gasteiger partial charge on any atom is 0.338 e. The Morgan fingerprint density at radius 1 is 0.511 bits per heavy atom. The molecule has 10 heteroatoms. The maximum atomic E-state index is 14.5. The predicted octanol–water partition coefficient (Wildman–Crippen LogP) is 7.88. The number of benzene rings is 3. The van der Waals surface area contributed by atoms with Gasteiger partial charge in [0.25, 0.3) is 6.43 Å². The highest BCUT2D eigenvalue weighted by Crippen LogP contribution is 2.40. The van der Waals surface area contributed by atoms with Crippen molar-refractivity contribution in [2.75, 3.05) is 0 Å². The molecular formula is C35H30F2O8. The highest BCUT2D eigenvalue weighted by Gasteiger charge is 2.21. The van der Waals surface area contributed by atoms with Crippen molar-refractivity contribution < 1.29 is 46.9 Å². The molecule has 0 aliphatic rings. The Balaban J connectivity index is 2.12. The van der Waals surface area contributed by atoms with Gasteiger partial charge >= 0.3 is 23.9 Å². The average molecular weight is 617 g/mol. The number of alkyl halides is 2. The van der Waals surface area contributed by atoms with Gasteiger partial charge in [-0.05, 0) is 80.3 Å². The Morgan fingerprint density at radius 2 is 0.844 bits per heavy atom. The zero-order chi connectivity index (χ0) is 33.6. The third kappa shape index (κ3) is 8.47. The van der Waals surface area contributed by atoms with Crippen LogP contribution in [0.15, 0.2) is 103 Å². The van der Waals surface area contributed by atoms with E-state index in [1.807, 2.05) is 0 Å². The second-order valence-corrected chi connectivity index (χ2v) is 10.1. The lowest BCUT2D eigenvalue weighted by atomic mass is 9.94. The van der Waals surface area contributed by atoms with Crippen molar-refractivity contribution in [1.82, 2.24) is 0 Å². The molecule has 0 saturated heterocycles. The number of hydrogen-bond acceptors (Lipinski definition) is 8. The molecule has 0 aromatic heterocycles. The summed E-state index contributed by atoms with van der Waals surface area (Å²) < 4.78 is 50.2. The lowest BCUT2D eigenvalue weighted by Gasteiger charge is -2.16. The van der Waals surface area contributed by atoms with Gasteiger partial charge < -0.3 is 18.9 Å². The van der Waals surface area contributed by atoms with Crippen molar-refractivity contribution in [2.45, 2.75) is 34.1 Å². The van der Waals surface area contributed by atoms with Crippen molar-refractivity contribution >= 4 is 23.9 Å². The molecule has 0 fully saturated rings. The molecule has 0 unspecified atom stereocenters. The predicted molar refractivity (Wildman–Crippen MR) is 164 cm³/mol. The average Bonchev–Trinajstić information content (AvgIpc) is 2.98. The number of carbonyl (C=O) groups excluding carboxylic acids is 4. The van der Waals surface area contributed by atoms with Crippen LogP contribution in [0, 0.1) is 0 Å². The van der Waals surface area contributed by atoms with Crippen LogP contribution < -0.4 is 18.9 Å². The standard InChI is InChI=1S/C35H30F2O8/c1-18(2)32(38)42-27-13-10-23(16-29(27)44-34(40)20(5)6)22-9-12-25(26(15-22)31(36)37)24-11-14-28(43-33(39)19(3)4)30(17-24)45-35(41)21(7)8/h9-17,31H,1,3,5,7H2,2,4,6,8H3. The Hall–Kier alpha value is -5.64. The molecule has 0 bridgehead atoms. The zero-order valence-corrected chi connectivity index (χ0v) is 25.1. The topological polar surface area (TPSA) is 105 Å². The van der Waals surface area contributed by atoms with Gasteiger partial charge in [0.2, 0.25) is 0 Å². The van der Waals surface area contributed by atoms with Gasteiger partial charge in [0.1, 0.15) is 0 Å². The number of halogens is 2. The third-order valence-corrected chi connectivity index (χ3v) is 6.02. The quantitative estimate of drug-likeness (QED) is 0.122. The van der Waals surface area contributed by atoms with Gasteiger partial charge in [0, 0.05) is 27.9 Å². The van der Waals surface area contributed by atoms with Crippen molar-refractivity contribution in [1.29, 1.82) is 0 Å². The summed E-state index contributed by atoms with van der Waals surface area (Å²) >= 11 is 0. The van der Waals surface area contributed by atoms with Crippen LogP contribution in [0.3, 0.4) is 0 Å². The van der Waals surface area contributed by atoms with Gasteiger partial charge in [-0.25, -0.2) is 28.0 Å². The second kappa shape index (κ2) is 14.2. The largest absolute Gasteiger partial charge is 0.419 e. The molecule has 0 radical (unpaired) electrons. The van der Waals surface area contributed by atoms with Crippen LogP contribution in [0.2, 0.25) is 0 Å². The molecule has 3 aromatic rings. The summed E-state index contributed by atoms with van der Waals surface area (Å²) in [5, 5.41) is 0. The SMILES string of the molecule is C=C(C)C(=O)Oc1ccc(-c2ccc(-c3ccc(OC(=O)C(=C)C)c(OC(=O)C(=C)C)c3)c(C(F)F)c2)cc1OC(=O)C(=C)C. The first-order valence-electron chi connectivity index (χ1n) is 13.3. The van der Waals surface area contributed by atoms with Crippen molar-refractivity contribution in [3.8, 4) is 45.3 Å². The van der Waals surface area contributed by atoms with E-state index in [2.05, 4.69) is 26.3 Å². The monoisotopic (exact) mass is 616 g/mol. The van der Waals surface area contributed by atoms with Gasteiger partial charge in [-0.1, -0.05) is 50.6 Å². The fourth-order valence-electron chi connectivity index (χ4n) is 3.63. The summed E-state index contributed by atoms with van der Waals surface area (Å²) in [6, 6.07) is 12.5. The molecule has 0 spiro atoms. The number of carbonyl (C=O) groups is 4. The van der Waals surface area contributed by atoms with Gasteiger partial charge in [-0.3, -0.25) is 0 Å². The molecule has 0 atom stereocenters. The summed E-state index contributed by atoms with van der Waals surface area (Å²) in [6.45, 7) is 19.8. The Morgan fingerprint density at radius 3 is 1.24 bits per heavy atom. The van der Waals surface area contributed by atoms with Crippen LogP contribution >= 0.6 is 0 Å². The summed E-state index contributed by atoms with van der Waals surface area (Å²) in [4.78, 5) is 48.8. The van der Waals surface area contributed by atoms with E-state index in [1.165, 1.54) is 76.2 Å². The molecule has 0 aliphatic heterocycles. The highest BCUT2D eigenvalue weighted by atomic mass is 19.3. The molecule has 0 N–H and O–H groups in total. The first kappa shape index (κ1) is 33.9. The van der Waals surface area contributed by atoms with Crippen molar-refractivity contribution in [2.24, 2.45) is 0 Å². The smallest absolute Gasteiger partial charge is 0.338 e. The van der Waals surface area contributed by atoms with Gasteiger partial charge in [0.15, 0.2) is 23.0 Å². The molecule has 3 rings (SSSR count). The number of esters is 4. The van der Waals surface area contributed by atoms with E-state index in [9.17, 15) is 28.0 Å². The van der Waals surface area contributed by atoms with E-state index in [4.69, 9.17) is 18.9 Å². The zero-order valence-electron chi connectivity index (χ0n) is 25.1. The van der Waals surface area contributed by atoms with Gasteiger partial charge in [-0.15, -0.1) is 0 Å². The van der Waals surface area contributed by atoms with E-state index >= 15 is 0 Å². The molecule has 0 saturated carbocycles. The fourth-order valence-corrected chi connectivity index (χ4v) is 3.63. The Kier molecular flexibility index (Phi) is 10.7. The van der Waals surface area contributed by atoms with Crippen LogP contribution in [-0.4, -0.2) is 23.9 Å².